The minimum absolute atomic E-state index is 0.126. The predicted octanol–water partition coefficient (Wildman–Crippen LogP) is 4.18. The Hall–Kier alpha value is -1.68. The van der Waals surface area contributed by atoms with Crippen LogP contribution in [0.15, 0.2) is 53.4 Å². The monoisotopic (exact) mass is 479 g/mol. The molecule has 31 heavy (non-hydrogen) atoms. The largest absolute Gasteiger partial charge is 0.497 e. The summed E-state index contributed by atoms with van der Waals surface area (Å²) in [6.45, 7) is 0.518. The van der Waals surface area contributed by atoms with Crippen LogP contribution in [0.5, 0.6) is 11.5 Å². The molecule has 0 radical (unpaired) electrons. The van der Waals surface area contributed by atoms with E-state index < -0.39 is 15.9 Å². The van der Waals surface area contributed by atoms with Crippen LogP contribution < -0.4 is 9.47 Å². The average Bonchev–Trinajstić information content (AvgIpc) is 3.35. The molecule has 0 aromatic heterocycles. The van der Waals surface area contributed by atoms with Crippen LogP contribution >= 0.6 is 23.5 Å². The Kier molecular flexibility index (Phi) is 7.15. The van der Waals surface area contributed by atoms with Crippen LogP contribution in [-0.2, 0) is 14.8 Å². The molecule has 2 aromatic carbocycles. The van der Waals surface area contributed by atoms with E-state index in [1.807, 2.05) is 47.8 Å². The number of benzene rings is 2. The molecule has 1 unspecified atom stereocenters. The van der Waals surface area contributed by atoms with Crippen molar-refractivity contribution in [2.45, 2.75) is 22.3 Å². The first kappa shape index (κ1) is 22.5. The van der Waals surface area contributed by atoms with Crippen molar-refractivity contribution in [3.63, 3.8) is 0 Å². The summed E-state index contributed by atoms with van der Waals surface area (Å²) in [7, 11) is -2.14. The Morgan fingerprint density at radius 2 is 1.65 bits per heavy atom. The van der Waals surface area contributed by atoms with Gasteiger partial charge in [0.05, 0.1) is 22.5 Å². The quantitative estimate of drug-likeness (QED) is 0.455. The van der Waals surface area contributed by atoms with Gasteiger partial charge in [0.2, 0.25) is 10.0 Å². The lowest BCUT2D eigenvalue weighted by Crippen LogP contribution is -2.43. The molecule has 0 N–H and O–H groups in total. The van der Waals surface area contributed by atoms with Crippen molar-refractivity contribution in [2.24, 2.45) is 5.92 Å². The van der Waals surface area contributed by atoms with Crippen molar-refractivity contribution >= 4 is 39.5 Å². The van der Waals surface area contributed by atoms with E-state index in [0.29, 0.717) is 35.5 Å². The van der Waals surface area contributed by atoms with E-state index in [9.17, 15) is 13.2 Å². The number of carbonyl (C=O) groups excluding carboxylic acids is 1. The Bertz CT molecular complexity index is 1000. The SMILES string of the molecule is COc1ccc(S(=O)(=O)N2CCCC(C(=O)Oc3ccc(C4SCCS4)cc3)C2)cc1. The third-order valence-electron chi connectivity index (χ3n) is 5.41. The number of nitrogens with zero attached hydrogens (tertiary/aromatic N) is 1. The third kappa shape index (κ3) is 5.22. The molecule has 9 heteroatoms. The summed E-state index contributed by atoms with van der Waals surface area (Å²) in [6, 6.07) is 13.9. The predicted molar refractivity (Wildman–Crippen MR) is 124 cm³/mol. The van der Waals surface area contributed by atoms with Crippen molar-refractivity contribution < 1.29 is 22.7 Å². The summed E-state index contributed by atoms with van der Waals surface area (Å²) in [5.74, 6) is 2.54. The topological polar surface area (TPSA) is 72.9 Å². The van der Waals surface area contributed by atoms with Gasteiger partial charge >= 0.3 is 5.97 Å². The second-order valence-corrected chi connectivity index (χ2v) is 12.1. The van der Waals surface area contributed by atoms with Crippen LogP contribution in [0.2, 0.25) is 0 Å². The Morgan fingerprint density at radius 3 is 2.29 bits per heavy atom. The minimum Gasteiger partial charge on any atom is -0.497 e. The Labute approximate surface area is 191 Å². The first-order chi connectivity index (χ1) is 15.0. The van der Waals surface area contributed by atoms with Crippen LogP contribution in [-0.4, -0.2) is 50.4 Å². The van der Waals surface area contributed by atoms with E-state index in [0.717, 1.165) is 11.5 Å². The fourth-order valence-corrected chi connectivity index (χ4v) is 8.08. The molecule has 0 aliphatic carbocycles. The van der Waals surface area contributed by atoms with Crippen LogP contribution in [0.4, 0.5) is 0 Å². The van der Waals surface area contributed by atoms with E-state index in [1.165, 1.54) is 29.1 Å². The summed E-state index contributed by atoms with van der Waals surface area (Å²) in [5, 5.41) is 0. The van der Waals surface area contributed by atoms with Crippen LogP contribution in [0, 0.1) is 5.92 Å². The van der Waals surface area contributed by atoms with Crippen molar-refractivity contribution in [3.8, 4) is 11.5 Å². The van der Waals surface area contributed by atoms with Gasteiger partial charge in [-0.3, -0.25) is 4.79 Å². The molecule has 166 valence electrons. The molecule has 4 rings (SSSR count). The van der Waals surface area contributed by atoms with E-state index in [4.69, 9.17) is 9.47 Å². The summed E-state index contributed by atoms with van der Waals surface area (Å²) in [6.07, 6.45) is 1.23. The first-order valence-electron chi connectivity index (χ1n) is 10.2. The molecule has 2 aliphatic rings. The maximum absolute atomic E-state index is 13.0. The number of carbonyl (C=O) groups is 1. The maximum atomic E-state index is 13.0. The number of rotatable bonds is 6. The molecule has 0 bridgehead atoms. The second-order valence-electron chi connectivity index (χ2n) is 7.44. The molecule has 1 atom stereocenters. The molecule has 0 saturated carbocycles. The van der Waals surface area contributed by atoms with Crippen molar-refractivity contribution in [3.05, 3.63) is 54.1 Å². The summed E-state index contributed by atoms with van der Waals surface area (Å²) >= 11 is 3.85. The molecule has 2 heterocycles. The standard InChI is InChI=1S/C22H25NO5S3/c1-27-18-8-10-20(11-9-18)31(25,26)23-12-2-3-17(15-23)21(24)28-19-6-4-16(5-7-19)22-29-13-14-30-22/h4-11,17,22H,2-3,12-15H2,1H3. The van der Waals surface area contributed by atoms with E-state index in [-0.39, 0.29) is 17.4 Å². The lowest BCUT2D eigenvalue weighted by Gasteiger charge is -2.30. The molecule has 6 nitrogen and oxygen atoms in total. The molecule has 2 aliphatic heterocycles. The van der Waals surface area contributed by atoms with Gasteiger partial charge in [0.25, 0.3) is 0 Å². The maximum Gasteiger partial charge on any atom is 0.315 e. The van der Waals surface area contributed by atoms with Gasteiger partial charge in [-0.2, -0.15) is 4.31 Å². The molecule has 0 spiro atoms. The number of hydrogen-bond acceptors (Lipinski definition) is 7. The molecule has 2 saturated heterocycles. The number of sulfonamides is 1. The molecule has 2 fully saturated rings. The van der Waals surface area contributed by atoms with Crippen LogP contribution in [0.3, 0.4) is 0 Å². The summed E-state index contributed by atoms with van der Waals surface area (Å²) in [4.78, 5) is 12.9. The van der Waals surface area contributed by atoms with E-state index in [1.54, 1.807) is 12.1 Å². The third-order valence-corrected chi connectivity index (χ3v) is 10.4. The zero-order chi connectivity index (χ0) is 21.8. The zero-order valence-electron chi connectivity index (χ0n) is 17.2. The molecular formula is C22H25NO5S3. The molecule has 2 aromatic rings. The highest BCUT2D eigenvalue weighted by Gasteiger charge is 2.34. The number of hydrogen-bond donors (Lipinski definition) is 0. The Morgan fingerprint density at radius 1 is 1.00 bits per heavy atom. The van der Waals surface area contributed by atoms with E-state index >= 15 is 0 Å². The van der Waals surface area contributed by atoms with Gasteiger partial charge in [0.1, 0.15) is 11.5 Å². The number of thioether (sulfide) groups is 2. The summed E-state index contributed by atoms with van der Waals surface area (Å²) in [5.41, 5.74) is 1.22. The number of esters is 1. The highest BCUT2D eigenvalue weighted by atomic mass is 32.2. The lowest BCUT2D eigenvalue weighted by molar-refractivity contribution is -0.140. The fourth-order valence-electron chi connectivity index (χ4n) is 3.69. The Balaban J connectivity index is 1.39. The lowest BCUT2D eigenvalue weighted by atomic mass is 10.00. The van der Waals surface area contributed by atoms with Gasteiger partial charge in [0.15, 0.2) is 0 Å². The van der Waals surface area contributed by atoms with Crippen molar-refractivity contribution in [1.82, 2.24) is 4.31 Å². The van der Waals surface area contributed by atoms with Gasteiger partial charge in [0, 0.05) is 24.6 Å². The molecule has 0 amide bonds. The number of piperidine rings is 1. The molecular weight excluding hydrogens is 454 g/mol. The fraction of sp³-hybridized carbons (Fsp3) is 0.409. The van der Waals surface area contributed by atoms with Gasteiger partial charge < -0.3 is 9.47 Å². The minimum atomic E-state index is -3.68. The van der Waals surface area contributed by atoms with Gasteiger partial charge in [-0.1, -0.05) is 12.1 Å². The van der Waals surface area contributed by atoms with Crippen LogP contribution in [0.1, 0.15) is 23.0 Å². The number of ether oxygens (including phenoxy) is 2. The van der Waals surface area contributed by atoms with Gasteiger partial charge in [-0.15, -0.1) is 23.5 Å². The first-order valence-corrected chi connectivity index (χ1v) is 13.7. The average molecular weight is 480 g/mol. The second kappa shape index (κ2) is 9.85. The highest BCUT2D eigenvalue weighted by molar-refractivity contribution is 8.19. The number of methoxy groups -OCH3 is 1. The van der Waals surface area contributed by atoms with Gasteiger partial charge in [-0.05, 0) is 54.8 Å². The highest BCUT2D eigenvalue weighted by Crippen LogP contribution is 2.45. The summed E-state index contributed by atoms with van der Waals surface area (Å²) < 4.78 is 38.5. The van der Waals surface area contributed by atoms with Crippen molar-refractivity contribution in [2.75, 3.05) is 31.7 Å². The zero-order valence-corrected chi connectivity index (χ0v) is 19.7. The normalized spacial score (nSPS) is 20.5. The van der Waals surface area contributed by atoms with Crippen molar-refractivity contribution in [1.29, 1.82) is 0 Å². The van der Waals surface area contributed by atoms with E-state index in [2.05, 4.69) is 0 Å². The van der Waals surface area contributed by atoms with Gasteiger partial charge in [-0.25, -0.2) is 8.42 Å². The van der Waals surface area contributed by atoms with Crippen LogP contribution in [0.25, 0.3) is 0 Å². The smallest absolute Gasteiger partial charge is 0.315 e.